The maximum absolute atomic E-state index is 13.8. The smallest absolute Gasteiger partial charge is 0.207 e. The summed E-state index contributed by atoms with van der Waals surface area (Å²) in [6.07, 6.45) is 4.17. The van der Waals surface area contributed by atoms with E-state index in [1.54, 1.807) is 12.1 Å². The molecule has 0 fully saturated rings. The highest BCUT2D eigenvalue weighted by Crippen LogP contribution is 2.23. The van der Waals surface area contributed by atoms with Crippen molar-refractivity contribution in [2.24, 2.45) is 0 Å². The Morgan fingerprint density at radius 2 is 2.21 bits per heavy atom. The molecular weight excluding hydrogens is 309 g/mol. The van der Waals surface area contributed by atoms with Crippen LogP contribution >= 0.6 is 15.9 Å². The van der Waals surface area contributed by atoms with Gasteiger partial charge in [0, 0.05) is 17.2 Å². The maximum atomic E-state index is 13.8. The quantitative estimate of drug-likeness (QED) is 0.868. The molecule has 102 valence electrons. The van der Waals surface area contributed by atoms with Crippen LogP contribution in [0.25, 0.3) is 0 Å². The van der Waals surface area contributed by atoms with E-state index in [4.69, 9.17) is 0 Å². The summed E-state index contributed by atoms with van der Waals surface area (Å²) in [6, 6.07) is 4.94. The number of halogens is 2. The topological polar surface area (TPSA) is 29.9 Å². The molecule has 5 heteroatoms. The van der Waals surface area contributed by atoms with Crippen LogP contribution in [0.3, 0.4) is 0 Å². The van der Waals surface area contributed by atoms with Crippen molar-refractivity contribution in [2.75, 3.05) is 5.32 Å². The van der Waals surface area contributed by atoms with Crippen LogP contribution in [-0.2, 0) is 6.54 Å². The average Bonchev–Trinajstić information content (AvgIpc) is 2.70. The van der Waals surface area contributed by atoms with Crippen LogP contribution in [0.15, 0.2) is 28.9 Å². The summed E-state index contributed by atoms with van der Waals surface area (Å²) in [5.74, 6) is 0.393. The predicted molar refractivity (Wildman–Crippen MR) is 79.3 cm³/mol. The summed E-state index contributed by atoms with van der Waals surface area (Å²) in [6.45, 7) is 4.97. The molecule has 0 amide bonds. The molecule has 1 heterocycles. The van der Waals surface area contributed by atoms with E-state index in [1.165, 1.54) is 6.07 Å². The highest BCUT2D eigenvalue weighted by Gasteiger charge is 2.08. The summed E-state index contributed by atoms with van der Waals surface area (Å²) in [5, 5.41) is 3.05. The number of rotatable bonds is 5. The lowest BCUT2D eigenvalue weighted by molar-refractivity contribution is 0.625. The number of hydrogen-bond donors (Lipinski definition) is 1. The molecule has 0 aliphatic carbocycles. The molecule has 2 aromatic rings. The summed E-state index contributed by atoms with van der Waals surface area (Å²) in [4.78, 5) is 4.40. The van der Waals surface area contributed by atoms with Crippen molar-refractivity contribution in [1.29, 1.82) is 0 Å². The Balaban J connectivity index is 2.22. The molecule has 0 saturated heterocycles. The SMILES string of the molecule is CCCCn1cc(C)nc1Nc1ccc(Br)cc1F. The van der Waals surface area contributed by atoms with Gasteiger partial charge >= 0.3 is 0 Å². The van der Waals surface area contributed by atoms with E-state index in [0.29, 0.717) is 11.6 Å². The van der Waals surface area contributed by atoms with E-state index in [-0.39, 0.29) is 5.82 Å². The summed E-state index contributed by atoms with van der Waals surface area (Å²) in [5.41, 5.74) is 1.36. The maximum Gasteiger partial charge on any atom is 0.207 e. The molecular formula is C14H17BrFN3. The zero-order chi connectivity index (χ0) is 13.8. The van der Waals surface area contributed by atoms with Gasteiger partial charge in [-0.2, -0.15) is 0 Å². The van der Waals surface area contributed by atoms with Crippen LogP contribution in [0.4, 0.5) is 16.0 Å². The van der Waals surface area contributed by atoms with Crippen molar-refractivity contribution >= 4 is 27.6 Å². The fraction of sp³-hybridized carbons (Fsp3) is 0.357. The van der Waals surface area contributed by atoms with Crippen LogP contribution < -0.4 is 5.32 Å². The Kier molecular flexibility index (Phi) is 4.58. The van der Waals surface area contributed by atoms with Gasteiger partial charge in [-0.05, 0) is 31.5 Å². The average molecular weight is 326 g/mol. The first-order valence-corrected chi connectivity index (χ1v) is 7.15. The van der Waals surface area contributed by atoms with Gasteiger partial charge in [-0.1, -0.05) is 29.3 Å². The summed E-state index contributed by atoms with van der Waals surface area (Å²) >= 11 is 3.25. The van der Waals surface area contributed by atoms with Crippen molar-refractivity contribution in [3.8, 4) is 0 Å². The molecule has 1 aromatic heterocycles. The standard InChI is InChI=1S/C14H17BrFN3/c1-3-4-7-19-9-10(2)17-14(19)18-13-6-5-11(15)8-12(13)16/h5-6,8-9H,3-4,7H2,1-2H3,(H,17,18). The van der Waals surface area contributed by atoms with E-state index in [9.17, 15) is 4.39 Å². The minimum atomic E-state index is -0.294. The van der Waals surface area contributed by atoms with Crippen molar-refractivity contribution < 1.29 is 4.39 Å². The zero-order valence-electron chi connectivity index (χ0n) is 11.1. The van der Waals surface area contributed by atoms with E-state index in [1.807, 2.05) is 17.7 Å². The molecule has 19 heavy (non-hydrogen) atoms. The number of unbranched alkanes of at least 4 members (excludes halogenated alkanes) is 1. The van der Waals surface area contributed by atoms with Gasteiger partial charge in [-0.15, -0.1) is 0 Å². The van der Waals surface area contributed by atoms with Crippen molar-refractivity contribution in [1.82, 2.24) is 9.55 Å². The van der Waals surface area contributed by atoms with E-state index in [2.05, 4.69) is 33.2 Å². The van der Waals surface area contributed by atoms with E-state index >= 15 is 0 Å². The molecule has 0 radical (unpaired) electrons. The lowest BCUT2D eigenvalue weighted by Gasteiger charge is -2.10. The van der Waals surface area contributed by atoms with Crippen LogP contribution in [0.1, 0.15) is 25.5 Å². The second kappa shape index (κ2) is 6.19. The lowest BCUT2D eigenvalue weighted by Crippen LogP contribution is -2.04. The van der Waals surface area contributed by atoms with E-state index in [0.717, 1.165) is 29.6 Å². The Labute approximate surface area is 121 Å². The third-order valence-corrected chi connectivity index (χ3v) is 3.32. The molecule has 0 spiro atoms. The fourth-order valence-corrected chi connectivity index (χ4v) is 2.19. The highest BCUT2D eigenvalue weighted by atomic mass is 79.9. The minimum absolute atomic E-state index is 0.294. The first-order chi connectivity index (χ1) is 9.10. The number of nitrogens with zero attached hydrogens (tertiary/aromatic N) is 2. The first-order valence-electron chi connectivity index (χ1n) is 6.36. The van der Waals surface area contributed by atoms with Gasteiger partial charge in [0.05, 0.1) is 11.4 Å². The van der Waals surface area contributed by atoms with Crippen LogP contribution in [0, 0.1) is 12.7 Å². The first kappa shape index (κ1) is 14.1. The molecule has 0 saturated carbocycles. The fourth-order valence-electron chi connectivity index (χ4n) is 1.86. The van der Waals surface area contributed by atoms with Crippen LogP contribution in [-0.4, -0.2) is 9.55 Å². The highest BCUT2D eigenvalue weighted by molar-refractivity contribution is 9.10. The number of hydrogen-bond acceptors (Lipinski definition) is 2. The second-order valence-corrected chi connectivity index (χ2v) is 5.42. The van der Waals surface area contributed by atoms with Gasteiger partial charge in [-0.25, -0.2) is 9.37 Å². The summed E-state index contributed by atoms with van der Waals surface area (Å²) < 4.78 is 16.5. The number of benzene rings is 1. The number of anilines is 2. The normalized spacial score (nSPS) is 10.7. The van der Waals surface area contributed by atoms with Gasteiger partial charge in [0.15, 0.2) is 0 Å². The molecule has 1 N–H and O–H groups in total. The number of nitrogens with one attached hydrogen (secondary N) is 1. The number of imidazole rings is 1. The largest absolute Gasteiger partial charge is 0.323 e. The Morgan fingerprint density at radius 3 is 2.89 bits per heavy atom. The molecule has 2 rings (SSSR count). The van der Waals surface area contributed by atoms with Crippen LogP contribution in [0.5, 0.6) is 0 Å². The minimum Gasteiger partial charge on any atom is -0.323 e. The Bertz CT molecular complexity index is 566. The van der Waals surface area contributed by atoms with Crippen LogP contribution in [0.2, 0.25) is 0 Å². The zero-order valence-corrected chi connectivity index (χ0v) is 12.7. The monoisotopic (exact) mass is 325 g/mol. The molecule has 0 aliphatic heterocycles. The molecule has 0 bridgehead atoms. The Hall–Kier alpha value is -1.36. The van der Waals surface area contributed by atoms with Crippen molar-refractivity contribution in [3.05, 3.63) is 40.4 Å². The number of aromatic nitrogens is 2. The molecule has 1 aromatic carbocycles. The molecule has 0 unspecified atom stereocenters. The van der Waals surface area contributed by atoms with Crippen molar-refractivity contribution in [2.45, 2.75) is 33.2 Å². The second-order valence-electron chi connectivity index (χ2n) is 4.50. The third-order valence-electron chi connectivity index (χ3n) is 2.83. The van der Waals surface area contributed by atoms with Gasteiger partial charge in [-0.3, -0.25) is 0 Å². The van der Waals surface area contributed by atoms with Gasteiger partial charge < -0.3 is 9.88 Å². The van der Waals surface area contributed by atoms with Crippen molar-refractivity contribution in [3.63, 3.8) is 0 Å². The van der Waals surface area contributed by atoms with E-state index < -0.39 is 0 Å². The molecule has 0 aliphatic rings. The lowest BCUT2D eigenvalue weighted by atomic mass is 10.3. The predicted octanol–water partition coefficient (Wildman–Crippen LogP) is 4.64. The number of aryl methyl sites for hydroxylation is 2. The van der Waals surface area contributed by atoms with Gasteiger partial charge in [0.1, 0.15) is 5.82 Å². The third kappa shape index (κ3) is 3.56. The molecule has 0 atom stereocenters. The molecule has 3 nitrogen and oxygen atoms in total. The summed E-state index contributed by atoms with van der Waals surface area (Å²) in [7, 11) is 0. The van der Waals surface area contributed by atoms with Gasteiger partial charge in [0.2, 0.25) is 5.95 Å². The Morgan fingerprint density at radius 1 is 1.42 bits per heavy atom. The van der Waals surface area contributed by atoms with Gasteiger partial charge in [0.25, 0.3) is 0 Å².